The highest BCUT2D eigenvalue weighted by Crippen LogP contribution is 2.26. The van der Waals surface area contributed by atoms with Crippen LogP contribution in [0.25, 0.3) is 10.9 Å². The number of thioether (sulfide) groups is 1. The lowest BCUT2D eigenvalue weighted by Crippen LogP contribution is -2.22. The van der Waals surface area contributed by atoms with Crippen LogP contribution in [0.5, 0.6) is 0 Å². The summed E-state index contributed by atoms with van der Waals surface area (Å²) in [5.41, 5.74) is 2.44. The van der Waals surface area contributed by atoms with E-state index in [1.54, 1.807) is 6.20 Å². The van der Waals surface area contributed by atoms with Gasteiger partial charge in [-0.1, -0.05) is 25.1 Å². The Morgan fingerprint density at radius 2 is 2.21 bits per heavy atom. The predicted molar refractivity (Wildman–Crippen MR) is 82.5 cm³/mol. The van der Waals surface area contributed by atoms with Gasteiger partial charge in [-0.05, 0) is 18.7 Å². The molecular weight excluding hydrogens is 254 g/mol. The third-order valence-electron chi connectivity index (χ3n) is 3.11. The minimum absolute atomic E-state index is 0.368. The number of benzene rings is 1. The van der Waals surface area contributed by atoms with E-state index in [0.29, 0.717) is 11.6 Å². The van der Waals surface area contributed by atoms with Gasteiger partial charge in [0.2, 0.25) is 0 Å². The number of nitrogens with one attached hydrogen (secondary N) is 1. The molecule has 0 aliphatic heterocycles. The number of anilines is 1. The van der Waals surface area contributed by atoms with Crippen molar-refractivity contribution in [3.05, 3.63) is 36.0 Å². The van der Waals surface area contributed by atoms with E-state index in [9.17, 15) is 5.26 Å². The van der Waals surface area contributed by atoms with Crippen molar-refractivity contribution < 1.29 is 0 Å². The van der Waals surface area contributed by atoms with E-state index in [4.69, 9.17) is 0 Å². The van der Waals surface area contributed by atoms with E-state index in [2.05, 4.69) is 29.5 Å². The van der Waals surface area contributed by atoms with E-state index in [1.165, 1.54) is 0 Å². The number of para-hydroxylation sites is 1. The highest BCUT2D eigenvalue weighted by molar-refractivity contribution is 7.98. The first kappa shape index (κ1) is 13.7. The molecule has 0 aliphatic carbocycles. The summed E-state index contributed by atoms with van der Waals surface area (Å²) in [5.74, 6) is 1.03. The van der Waals surface area contributed by atoms with Crippen LogP contribution in [-0.4, -0.2) is 23.0 Å². The fraction of sp³-hybridized carbons (Fsp3) is 0.333. The van der Waals surface area contributed by atoms with Gasteiger partial charge in [0.05, 0.1) is 16.8 Å². The summed E-state index contributed by atoms with van der Waals surface area (Å²) in [6.07, 6.45) is 4.78. The number of nitrogens with zero attached hydrogens (tertiary/aromatic N) is 2. The molecule has 19 heavy (non-hydrogen) atoms. The maximum absolute atomic E-state index is 9.26. The third-order valence-corrected chi connectivity index (χ3v) is 3.84. The molecule has 0 bridgehead atoms. The zero-order valence-corrected chi connectivity index (χ0v) is 12.0. The second kappa shape index (κ2) is 6.44. The van der Waals surface area contributed by atoms with Crippen molar-refractivity contribution in [1.29, 1.82) is 5.26 Å². The van der Waals surface area contributed by atoms with Crippen LogP contribution in [-0.2, 0) is 0 Å². The molecule has 0 amide bonds. The minimum Gasteiger partial charge on any atom is -0.380 e. The summed E-state index contributed by atoms with van der Waals surface area (Å²) < 4.78 is 0. The minimum atomic E-state index is 0.368. The Bertz CT molecular complexity index is 604. The van der Waals surface area contributed by atoms with Gasteiger partial charge in [0.25, 0.3) is 0 Å². The molecule has 0 radical (unpaired) electrons. The van der Waals surface area contributed by atoms with Gasteiger partial charge < -0.3 is 5.32 Å². The van der Waals surface area contributed by atoms with Crippen LogP contribution in [0, 0.1) is 11.3 Å². The topological polar surface area (TPSA) is 48.7 Å². The van der Waals surface area contributed by atoms with Gasteiger partial charge in [0.15, 0.2) is 0 Å². The number of fused-ring (bicyclic) bond motifs is 1. The van der Waals surface area contributed by atoms with Gasteiger partial charge in [-0.3, -0.25) is 4.98 Å². The van der Waals surface area contributed by atoms with Gasteiger partial charge in [-0.15, -0.1) is 0 Å². The standard InChI is InChI=1S/C15H17N3S/c1-3-12(10-19-2)18-15-11(8-16)9-17-14-7-5-4-6-13(14)15/h4-7,9,12H,3,10H2,1-2H3,(H,17,18). The normalized spacial score (nSPS) is 12.1. The first-order chi connectivity index (χ1) is 9.30. The van der Waals surface area contributed by atoms with Crippen molar-refractivity contribution in [2.45, 2.75) is 19.4 Å². The lowest BCUT2D eigenvalue weighted by atomic mass is 10.1. The summed E-state index contributed by atoms with van der Waals surface area (Å²) in [4.78, 5) is 4.32. The highest BCUT2D eigenvalue weighted by atomic mass is 32.2. The van der Waals surface area contributed by atoms with Crippen molar-refractivity contribution in [3.8, 4) is 6.07 Å². The maximum Gasteiger partial charge on any atom is 0.103 e. The third kappa shape index (κ3) is 2.99. The van der Waals surface area contributed by atoms with Crippen molar-refractivity contribution in [2.24, 2.45) is 0 Å². The van der Waals surface area contributed by atoms with E-state index in [1.807, 2.05) is 36.0 Å². The van der Waals surface area contributed by atoms with Crippen molar-refractivity contribution >= 4 is 28.4 Å². The second-order valence-corrected chi connectivity index (χ2v) is 5.29. The SMILES string of the molecule is CCC(CSC)Nc1c(C#N)cnc2ccccc12. The van der Waals surface area contributed by atoms with Gasteiger partial charge >= 0.3 is 0 Å². The number of hydrogen-bond donors (Lipinski definition) is 1. The zero-order chi connectivity index (χ0) is 13.7. The predicted octanol–water partition coefficient (Wildman–Crippen LogP) is 3.66. The Morgan fingerprint density at radius 3 is 2.89 bits per heavy atom. The first-order valence-electron chi connectivity index (χ1n) is 6.33. The van der Waals surface area contributed by atoms with Gasteiger partial charge in [-0.25, -0.2) is 0 Å². The lowest BCUT2D eigenvalue weighted by Gasteiger charge is -2.19. The van der Waals surface area contributed by atoms with Crippen LogP contribution >= 0.6 is 11.8 Å². The summed E-state index contributed by atoms with van der Waals surface area (Å²) in [5, 5.41) is 13.8. The van der Waals surface area contributed by atoms with E-state index >= 15 is 0 Å². The molecule has 0 fully saturated rings. The fourth-order valence-electron chi connectivity index (χ4n) is 2.05. The molecule has 1 heterocycles. The molecule has 3 nitrogen and oxygen atoms in total. The van der Waals surface area contributed by atoms with Crippen LogP contribution in [0.15, 0.2) is 30.5 Å². The Hall–Kier alpha value is -1.73. The zero-order valence-electron chi connectivity index (χ0n) is 11.2. The Morgan fingerprint density at radius 1 is 1.42 bits per heavy atom. The molecule has 0 aliphatic rings. The molecule has 1 atom stereocenters. The first-order valence-corrected chi connectivity index (χ1v) is 7.72. The van der Waals surface area contributed by atoms with E-state index < -0.39 is 0 Å². The number of rotatable bonds is 5. The summed E-state index contributed by atoms with van der Waals surface area (Å²) in [7, 11) is 0. The average Bonchev–Trinajstić information content (AvgIpc) is 2.46. The summed E-state index contributed by atoms with van der Waals surface area (Å²) in [6.45, 7) is 2.16. The number of hydrogen-bond acceptors (Lipinski definition) is 4. The van der Waals surface area contributed by atoms with Crippen LogP contribution in [0.1, 0.15) is 18.9 Å². The Kier molecular flexibility index (Phi) is 4.64. The summed E-state index contributed by atoms with van der Waals surface area (Å²) in [6, 6.07) is 10.5. The van der Waals surface area contributed by atoms with Gasteiger partial charge in [0, 0.05) is 23.4 Å². The molecule has 0 saturated heterocycles. The maximum atomic E-state index is 9.26. The highest BCUT2D eigenvalue weighted by Gasteiger charge is 2.12. The van der Waals surface area contributed by atoms with Crippen LogP contribution < -0.4 is 5.32 Å². The molecule has 1 aromatic carbocycles. The Balaban J connectivity index is 2.47. The number of nitriles is 1. The van der Waals surface area contributed by atoms with Crippen molar-refractivity contribution in [2.75, 3.05) is 17.3 Å². The van der Waals surface area contributed by atoms with Gasteiger partial charge in [0.1, 0.15) is 6.07 Å². The number of aromatic nitrogens is 1. The van der Waals surface area contributed by atoms with Crippen LogP contribution in [0.2, 0.25) is 0 Å². The molecule has 0 saturated carbocycles. The monoisotopic (exact) mass is 271 g/mol. The summed E-state index contributed by atoms with van der Waals surface area (Å²) >= 11 is 1.81. The molecule has 4 heteroatoms. The lowest BCUT2D eigenvalue weighted by molar-refractivity contribution is 0.775. The molecule has 2 aromatic rings. The molecule has 1 N–H and O–H groups in total. The molecular formula is C15H17N3S. The number of pyridine rings is 1. The largest absolute Gasteiger partial charge is 0.380 e. The fourth-order valence-corrected chi connectivity index (χ4v) is 2.77. The van der Waals surface area contributed by atoms with Crippen molar-refractivity contribution in [1.82, 2.24) is 4.98 Å². The van der Waals surface area contributed by atoms with Crippen LogP contribution in [0.3, 0.4) is 0 Å². The Labute approximate surface area is 118 Å². The molecule has 2 rings (SSSR count). The average molecular weight is 271 g/mol. The van der Waals surface area contributed by atoms with Gasteiger partial charge in [-0.2, -0.15) is 17.0 Å². The van der Waals surface area contributed by atoms with Crippen LogP contribution in [0.4, 0.5) is 5.69 Å². The quantitative estimate of drug-likeness (QED) is 0.901. The van der Waals surface area contributed by atoms with E-state index in [-0.39, 0.29) is 0 Å². The molecule has 98 valence electrons. The second-order valence-electron chi connectivity index (χ2n) is 4.38. The smallest absolute Gasteiger partial charge is 0.103 e. The molecule has 1 aromatic heterocycles. The molecule has 1 unspecified atom stereocenters. The van der Waals surface area contributed by atoms with Crippen molar-refractivity contribution in [3.63, 3.8) is 0 Å². The van der Waals surface area contributed by atoms with E-state index in [0.717, 1.165) is 28.8 Å². The molecule has 0 spiro atoms.